The van der Waals surface area contributed by atoms with E-state index < -0.39 is 15.9 Å². The van der Waals surface area contributed by atoms with Gasteiger partial charge in [0, 0.05) is 23.5 Å². The Morgan fingerprint density at radius 1 is 1.35 bits per heavy atom. The molecule has 94 valence electrons. The van der Waals surface area contributed by atoms with Crippen molar-refractivity contribution in [2.45, 2.75) is 13.0 Å². The van der Waals surface area contributed by atoms with Crippen LogP contribution in [-0.4, -0.2) is 32.4 Å². The van der Waals surface area contributed by atoms with Gasteiger partial charge in [0.05, 0.1) is 5.75 Å². The molecule has 0 aliphatic rings. The van der Waals surface area contributed by atoms with Crippen LogP contribution in [0.4, 0.5) is 5.69 Å². The lowest BCUT2D eigenvalue weighted by molar-refractivity contribution is 0.0943. The summed E-state index contributed by atoms with van der Waals surface area (Å²) in [5, 5.41) is 2.61. The van der Waals surface area contributed by atoms with E-state index >= 15 is 0 Å². The minimum atomic E-state index is -3.09. The summed E-state index contributed by atoms with van der Waals surface area (Å²) in [4.78, 5) is 11.7. The number of amides is 1. The molecule has 1 rings (SSSR count). The highest BCUT2D eigenvalue weighted by molar-refractivity contribution is 7.90. The van der Waals surface area contributed by atoms with Crippen molar-refractivity contribution < 1.29 is 13.2 Å². The summed E-state index contributed by atoms with van der Waals surface area (Å²) in [7, 11) is -3.09. The Morgan fingerprint density at radius 2 is 1.88 bits per heavy atom. The zero-order chi connectivity index (χ0) is 13.1. The maximum atomic E-state index is 11.7. The molecule has 1 amide bonds. The highest BCUT2D eigenvalue weighted by atomic mass is 32.2. The Hall–Kier alpha value is -1.56. The number of nitrogen functional groups attached to an aromatic ring is 1. The Balaban J connectivity index is 2.63. The molecule has 0 aliphatic heterocycles. The summed E-state index contributed by atoms with van der Waals surface area (Å²) in [5.74, 6) is -0.380. The van der Waals surface area contributed by atoms with Crippen molar-refractivity contribution in [2.24, 2.45) is 0 Å². The molecule has 0 spiro atoms. The van der Waals surface area contributed by atoms with Crippen LogP contribution in [0.5, 0.6) is 0 Å². The number of hydrogen-bond donors (Lipinski definition) is 2. The molecule has 1 atom stereocenters. The van der Waals surface area contributed by atoms with Gasteiger partial charge in [0.15, 0.2) is 0 Å². The predicted octanol–water partition coefficient (Wildman–Crippen LogP) is 0.432. The molecule has 0 aliphatic carbocycles. The van der Waals surface area contributed by atoms with Gasteiger partial charge in [-0.2, -0.15) is 0 Å². The monoisotopic (exact) mass is 256 g/mol. The first kappa shape index (κ1) is 13.5. The van der Waals surface area contributed by atoms with E-state index in [0.29, 0.717) is 11.3 Å². The van der Waals surface area contributed by atoms with Crippen molar-refractivity contribution >= 4 is 21.4 Å². The number of rotatable bonds is 4. The van der Waals surface area contributed by atoms with Gasteiger partial charge >= 0.3 is 0 Å². The van der Waals surface area contributed by atoms with Crippen molar-refractivity contribution in [2.75, 3.05) is 17.7 Å². The molecule has 0 saturated carbocycles. The molecule has 0 saturated heterocycles. The smallest absolute Gasteiger partial charge is 0.251 e. The summed E-state index contributed by atoms with van der Waals surface area (Å²) < 4.78 is 22.1. The minimum Gasteiger partial charge on any atom is -0.399 e. The minimum absolute atomic E-state index is 0.0757. The number of sulfone groups is 1. The lowest BCUT2D eigenvalue weighted by Crippen LogP contribution is -2.37. The van der Waals surface area contributed by atoms with Gasteiger partial charge in [-0.1, -0.05) is 0 Å². The van der Waals surface area contributed by atoms with E-state index in [1.807, 2.05) is 0 Å². The largest absolute Gasteiger partial charge is 0.399 e. The highest BCUT2D eigenvalue weighted by Gasteiger charge is 2.14. The van der Waals surface area contributed by atoms with Gasteiger partial charge in [-0.15, -0.1) is 0 Å². The highest BCUT2D eigenvalue weighted by Crippen LogP contribution is 2.05. The lowest BCUT2D eigenvalue weighted by Gasteiger charge is -2.12. The Bertz CT molecular complexity index is 494. The second kappa shape index (κ2) is 5.18. The molecule has 3 N–H and O–H groups in total. The molecule has 5 nitrogen and oxygen atoms in total. The van der Waals surface area contributed by atoms with Crippen molar-refractivity contribution in [3.8, 4) is 0 Å². The molecule has 1 aromatic rings. The first-order valence-electron chi connectivity index (χ1n) is 5.12. The zero-order valence-corrected chi connectivity index (χ0v) is 10.6. The van der Waals surface area contributed by atoms with Crippen molar-refractivity contribution in [1.82, 2.24) is 5.32 Å². The number of carbonyl (C=O) groups excluding carboxylic acids is 1. The molecule has 0 fully saturated rings. The van der Waals surface area contributed by atoms with E-state index in [2.05, 4.69) is 5.32 Å². The number of anilines is 1. The van der Waals surface area contributed by atoms with Gasteiger partial charge in [-0.05, 0) is 31.2 Å². The Morgan fingerprint density at radius 3 is 2.35 bits per heavy atom. The number of carbonyl (C=O) groups is 1. The first-order valence-corrected chi connectivity index (χ1v) is 7.18. The second-order valence-electron chi connectivity index (χ2n) is 4.09. The summed E-state index contributed by atoms with van der Waals surface area (Å²) in [5.41, 5.74) is 6.53. The standard InChI is InChI=1S/C11H16N2O3S/c1-8(7-17(2,15)16)13-11(14)9-3-5-10(12)6-4-9/h3-6,8H,7,12H2,1-2H3,(H,13,14). The van der Waals surface area contributed by atoms with Gasteiger partial charge < -0.3 is 11.1 Å². The molecule has 0 heterocycles. The third-order valence-electron chi connectivity index (χ3n) is 2.10. The van der Waals surface area contributed by atoms with Gasteiger partial charge in [-0.3, -0.25) is 4.79 Å². The van der Waals surface area contributed by atoms with Crippen LogP contribution in [0.25, 0.3) is 0 Å². The maximum Gasteiger partial charge on any atom is 0.251 e. The summed E-state index contributed by atoms with van der Waals surface area (Å²) in [6.07, 6.45) is 1.14. The Kier molecular flexibility index (Phi) is 4.11. The van der Waals surface area contributed by atoms with Gasteiger partial charge in [0.25, 0.3) is 5.91 Å². The van der Waals surface area contributed by atoms with Crippen molar-refractivity contribution in [3.63, 3.8) is 0 Å². The third kappa shape index (κ3) is 4.86. The fourth-order valence-electron chi connectivity index (χ4n) is 1.44. The lowest BCUT2D eigenvalue weighted by atomic mass is 10.2. The van der Waals surface area contributed by atoms with E-state index in [9.17, 15) is 13.2 Å². The fourth-order valence-corrected chi connectivity index (χ4v) is 2.43. The van der Waals surface area contributed by atoms with E-state index in [-0.39, 0.29) is 11.7 Å². The predicted molar refractivity (Wildman–Crippen MR) is 67.5 cm³/mol. The first-order chi connectivity index (χ1) is 7.78. The number of nitrogens with one attached hydrogen (secondary N) is 1. The van der Waals surface area contributed by atoms with Crippen LogP contribution >= 0.6 is 0 Å². The molecular weight excluding hydrogens is 240 g/mol. The van der Waals surface area contributed by atoms with E-state index in [1.54, 1.807) is 31.2 Å². The van der Waals surface area contributed by atoms with Crippen LogP contribution in [-0.2, 0) is 9.84 Å². The second-order valence-corrected chi connectivity index (χ2v) is 6.27. The molecule has 17 heavy (non-hydrogen) atoms. The molecule has 6 heteroatoms. The van der Waals surface area contributed by atoms with Gasteiger partial charge in [-0.25, -0.2) is 8.42 Å². The zero-order valence-electron chi connectivity index (χ0n) is 9.80. The quantitative estimate of drug-likeness (QED) is 0.765. The summed E-state index contributed by atoms with van der Waals surface area (Å²) in [6.45, 7) is 1.65. The Labute approximate surface area is 101 Å². The van der Waals surface area contributed by atoms with E-state index in [1.165, 1.54) is 0 Å². The molecular formula is C11H16N2O3S. The van der Waals surface area contributed by atoms with Crippen LogP contribution in [0, 0.1) is 0 Å². The van der Waals surface area contributed by atoms with Crippen molar-refractivity contribution in [1.29, 1.82) is 0 Å². The normalized spacial score (nSPS) is 13.1. The van der Waals surface area contributed by atoms with Gasteiger partial charge in [0.2, 0.25) is 0 Å². The molecule has 1 aromatic carbocycles. The van der Waals surface area contributed by atoms with Crippen molar-refractivity contribution in [3.05, 3.63) is 29.8 Å². The fraction of sp³-hybridized carbons (Fsp3) is 0.364. The third-order valence-corrected chi connectivity index (χ3v) is 3.21. The maximum absolute atomic E-state index is 11.7. The van der Waals surface area contributed by atoms with E-state index in [0.717, 1.165) is 6.26 Å². The molecule has 0 radical (unpaired) electrons. The average molecular weight is 256 g/mol. The van der Waals surface area contributed by atoms with Crippen LogP contribution < -0.4 is 11.1 Å². The number of hydrogen-bond acceptors (Lipinski definition) is 4. The van der Waals surface area contributed by atoms with Crippen LogP contribution in [0.1, 0.15) is 17.3 Å². The van der Waals surface area contributed by atoms with Crippen LogP contribution in [0.2, 0.25) is 0 Å². The van der Waals surface area contributed by atoms with Gasteiger partial charge in [0.1, 0.15) is 9.84 Å². The molecule has 1 unspecified atom stereocenters. The topological polar surface area (TPSA) is 89.3 Å². The number of benzene rings is 1. The SMILES string of the molecule is CC(CS(C)(=O)=O)NC(=O)c1ccc(N)cc1. The molecule has 0 aromatic heterocycles. The summed E-state index contributed by atoms with van der Waals surface area (Å²) >= 11 is 0. The van der Waals surface area contributed by atoms with E-state index in [4.69, 9.17) is 5.73 Å². The number of nitrogens with two attached hydrogens (primary N) is 1. The average Bonchev–Trinajstić information content (AvgIpc) is 2.15. The molecule has 0 bridgehead atoms. The summed E-state index contributed by atoms with van der Waals surface area (Å²) in [6, 6.07) is 6.01. The van der Waals surface area contributed by atoms with Crippen LogP contribution in [0.15, 0.2) is 24.3 Å². The van der Waals surface area contributed by atoms with Crippen LogP contribution in [0.3, 0.4) is 0 Å².